The molecule has 0 aromatic heterocycles. The van der Waals surface area contributed by atoms with Crippen LogP contribution in [0.4, 0.5) is 11.4 Å². The zero-order valence-corrected chi connectivity index (χ0v) is 13.6. The predicted molar refractivity (Wildman–Crippen MR) is 102 cm³/mol. The first-order chi connectivity index (χ1) is 12.3. The normalized spacial score (nSPS) is 13.2. The van der Waals surface area contributed by atoms with Crippen LogP contribution in [0.1, 0.15) is 10.4 Å². The summed E-state index contributed by atoms with van der Waals surface area (Å²) in [4.78, 5) is 16.7. The molecule has 3 aromatic carbocycles. The van der Waals surface area contributed by atoms with E-state index in [-0.39, 0.29) is 5.91 Å². The summed E-state index contributed by atoms with van der Waals surface area (Å²) in [7, 11) is 0. The first-order valence-corrected chi connectivity index (χ1v) is 8.23. The monoisotopic (exact) mass is 330 g/mol. The van der Waals surface area contributed by atoms with Gasteiger partial charge in [0.15, 0.2) is 5.96 Å². The summed E-state index contributed by atoms with van der Waals surface area (Å²) in [6.45, 7) is 1.64. The molecule has 5 heteroatoms. The molecule has 124 valence electrons. The van der Waals surface area contributed by atoms with Crippen molar-refractivity contribution in [2.45, 2.75) is 0 Å². The standard InChI is InChI=1S/C20H18N4O/c25-19(23-18-10-5-14-3-1-2-4-16(14)13-18)15-6-8-17(9-7-15)24-20-21-11-12-22-20/h1-10,13H,11-12H2,(H,23,25)(H2,21,22,24). The molecule has 0 saturated carbocycles. The van der Waals surface area contributed by atoms with Crippen LogP contribution in [-0.4, -0.2) is 25.0 Å². The Hall–Kier alpha value is -3.34. The Morgan fingerprint density at radius 2 is 1.68 bits per heavy atom. The van der Waals surface area contributed by atoms with Crippen LogP contribution in [0.5, 0.6) is 0 Å². The number of amides is 1. The maximum atomic E-state index is 12.4. The van der Waals surface area contributed by atoms with Gasteiger partial charge in [0.2, 0.25) is 0 Å². The highest BCUT2D eigenvalue weighted by molar-refractivity contribution is 6.05. The van der Waals surface area contributed by atoms with E-state index in [0.29, 0.717) is 5.56 Å². The van der Waals surface area contributed by atoms with Crippen molar-refractivity contribution in [2.24, 2.45) is 4.99 Å². The fourth-order valence-corrected chi connectivity index (χ4v) is 2.79. The van der Waals surface area contributed by atoms with E-state index < -0.39 is 0 Å². The zero-order chi connectivity index (χ0) is 17.1. The summed E-state index contributed by atoms with van der Waals surface area (Å²) in [6, 6.07) is 21.3. The highest BCUT2D eigenvalue weighted by Crippen LogP contribution is 2.19. The van der Waals surface area contributed by atoms with Crippen molar-refractivity contribution < 1.29 is 4.79 Å². The maximum Gasteiger partial charge on any atom is 0.255 e. The van der Waals surface area contributed by atoms with Gasteiger partial charge in [0.25, 0.3) is 5.91 Å². The van der Waals surface area contributed by atoms with Crippen molar-refractivity contribution in [3.05, 3.63) is 72.3 Å². The van der Waals surface area contributed by atoms with Crippen LogP contribution in [0.15, 0.2) is 71.7 Å². The van der Waals surface area contributed by atoms with E-state index in [1.54, 1.807) is 12.1 Å². The number of hydrogen-bond acceptors (Lipinski definition) is 4. The number of nitrogens with one attached hydrogen (secondary N) is 3. The first kappa shape index (κ1) is 15.2. The lowest BCUT2D eigenvalue weighted by atomic mass is 10.1. The third-order valence-corrected chi connectivity index (χ3v) is 4.09. The quantitative estimate of drug-likeness (QED) is 0.689. The molecule has 5 nitrogen and oxygen atoms in total. The summed E-state index contributed by atoms with van der Waals surface area (Å²) in [6.07, 6.45) is 0. The van der Waals surface area contributed by atoms with Gasteiger partial charge < -0.3 is 16.0 Å². The molecule has 3 N–H and O–H groups in total. The highest BCUT2D eigenvalue weighted by atomic mass is 16.1. The molecule has 0 unspecified atom stereocenters. The molecule has 1 amide bonds. The van der Waals surface area contributed by atoms with Gasteiger partial charge in [-0.1, -0.05) is 30.3 Å². The minimum atomic E-state index is -0.127. The molecule has 1 heterocycles. The molecule has 0 spiro atoms. The third-order valence-electron chi connectivity index (χ3n) is 4.09. The van der Waals surface area contributed by atoms with Crippen molar-refractivity contribution >= 4 is 34.0 Å². The van der Waals surface area contributed by atoms with E-state index >= 15 is 0 Å². The van der Waals surface area contributed by atoms with Crippen LogP contribution >= 0.6 is 0 Å². The van der Waals surface area contributed by atoms with E-state index in [1.807, 2.05) is 48.5 Å². The van der Waals surface area contributed by atoms with Gasteiger partial charge in [0, 0.05) is 23.5 Å². The molecule has 0 saturated heterocycles. The Morgan fingerprint density at radius 1 is 0.920 bits per heavy atom. The number of guanidine groups is 1. The largest absolute Gasteiger partial charge is 0.354 e. The molecule has 0 bridgehead atoms. The summed E-state index contributed by atoms with van der Waals surface area (Å²) in [5, 5.41) is 11.5. The number of anilines is 2. The molecular weight excluding hydrogens is 312 g/mol. The van der Waals surface area contributed by atoms with Gasteiger partial charge in [-0.05, 0) is 47.2 Å². The van der Waals surface area contributed by atoms with Crippen LogP contribution < -0.4 is 16.0 Å². The Kier molecular flexibility index (Phi) is 4.04. The lowest BCUT2D eigenvalue weighted by Gasteiger charge is -2.09. The second kappa shape index (κ2) is 6.65. The van der Waals surface area contributed by atoms with Gasteiger partial charge in [-0.15, -0.1) is 0 Å². The van der Waals surface area contributed by atoms with Crippen molar-refractivity contribution in [3.63, 3.8) is 0 Å². The van der Waals surface area contributed by atoms with Gasteiger partial charge >= 0.3 is 0 Å². The molecular formula is C20H18N4O. The third kappa shape index (κ3) is 3.45. The molecule has 0 radical (unpaired) electrons. The van der Waals surface area contributed by atoms with E-state index in [2.05, 4.69) is 27.0 Å². The van der Waals surface area contributed by atoms with Crippen molar-refractivity contribution in [2.75, 3.05) is 23.7 Å². The number of hydrogen-bond donors (Lipinski definition) is 3. The minimum Gasteiger partial charge on any atom is -0.354 e. The smallest absolute Gasteiger partial charge is 0.255 e. The van der Waals surface area contributed by atoms with Crippen LogP contribution in [0, 0.1) is 0 Å². The van der Waals surface area contributed by atoms with Gasteiger partial charge in [-0.25, -0.2) is 0 Å². The number of fused-ring (bicyclic) bond motifs is 1. The van der Waals surface area contributed by atoms with E-state index in [1.165, 1.54) is 0 Å². The Balaban J connectivity index is 1.46. The van der Waals surface area contributed by atoms with E-state index in [9.17, 15) is 4.79 Å². The van der Waals surface area contributed by atoms with Crippen LogP contribution in [-0.2, 0) is 0 Å². The maximum absolute atomic E-state index is 12.4. The van der Waals surface area contributed by atoms with Crippen molar-refractivity contribution in [1.82, 2.24) is 5.32 Å². The molecule has 0 aliphatic carbocycles. The van der Waals surface area contributed by atoms with Gasteiger partial charge in [0.05, 0.1) is 6.54 Å². The lowest BCUT2D eigenvalue weighted by Crippen LogP contribution is -2.26. The molecule has 4 rings (SSSR count). The molecule has 25 heavy (non-hydrogen) atoms. The van der Waals surface area contributed by atoms with Crippen LogP contribution in [0.3, 0.4) is 0 Å². The average Bonchev–Trinajstić information content (AvgIpc) is 3.15. The van der Waals surface area contributed by atoms with E-state index in [4.69, 9.17) is 0 Å². The van der Waals surface area contributed by atoms with Gasteiger partial charge in [-0.2, -0.15) is 0 Å². The number of rotatable bonds is 3. The second-order valence-electron chi connectivity index (χ2n) is 5.88. The number of carbonyl (C=O) groups excluding carboxylic acids is 1. The summed E-state index contributed by atoms with van der Waals surface area (Å²) in [5.41, 5.74) is 2.30. The SMILES string of the molecule is O=C(Nc1ccc2ccccc2c1)c1ccc(NC2=NCCN2)cc1. The molecule has 0 fully saturated rings. The fourth-order valence-electron chi connectivity index (χ4n) is 2.79. The zero-order valence-electron chi connectivity index (χ0n) is 13.6. The highest BCUT2D eigenvalue weighted by Gasteiger charge is 2.08. The average molecular weight is 330 g/mol. The Bertz CT molecular complexity index is 947. The summed E-state index contributed by atoms with van der Waals surface area (Å²) >= 11 is 0. The molecule has 1 aliphatic heterocycles. The van der Waals surface area contributed by atoms with Crippen molar-refractivity contribution in [1.29, 1.82) is 0 Å². The lowest BCUT2D eigenvalue weighted by molar-refractivity contribution is 0.102. The molecule has 0 atom stereocenters. The minimum absolute atomic E-state index is 0.127. The number of aliphatic imine (C=N–C) groups is 1. The molecule has 3 aromatic rings. The predicted octanol–water partition coefficient (Wildman–Crippen LogP) is 3.46. The van der Waals surface area contributed by atoms with Crippen LogP contribution in [0.2, 0.25) is 0 Å². The summed E-state index contributed by atoms with van der Waals surface area (Å²) in [5.74, 6) is 0.645. The topological polar surface area (TPSA) is 65.5 Å². The number of nitrogens with zero attached hydrogens (tertiary/aromatic N) is 1. The Morgan fingerprint density at radius 3 is 2.44 bits per heavy atom. The summed E-state index contributed by atoms with van der Waals surface area (Å²) < 4.78 is 0. The van der Waals surface area contributed by atoms with Gasteiger partial charge in [0.1, 0.15) is 0 Å². The number of benzene rings is 3. The Labute approximate surface area is 145 Å². The van der Waals surface area contributed by atoms with E-state index in [0.717, 1.165) is 41.2 Å². The first-order valence-electron chi connectivity index (χ1n) is 8.23. The molecule has 1 aliphatic rings. The number of carbonyl (C=O) groups is 1. The fraction of sp³-hybridized carbons (Fsp3) is 0.100. The van der Waals surface area contributed by atoms with Crippen LogP contribution in [0.25, 0.3) is 10.8 Å². The second-order valence-corrected chi connectivity index (χ2v) is 5.88. The van der Waals surface area contributed by atoms with Gasteiger partial charge in [-0.3, -0.25) is 9.79 Å². The van der Waals surface area contributed by atoms with Crippen molar-refractivity contribution in [3.8, 4) is 0 Å².